The van der Waals surface area contributed by atoms with Crippen LogP contribution in [0.4, 0.5) is 0 Å². The maximum Gasteiger partial charge on any atom is 0.305 e. The van der Waals surface area contributed by atoms with E-state index in [9.17, 15) is 14.4 Å². The molecule has 0 bridgehead atoms. The third kappa shape index (κ3) is 5.75. The van der Waals surface area contributed by atoms with Gasteiger partial charge < -0.3 is 19.5 Å². The van der Waals surface area contributed by atoms with E-state index in [1.54, 1.807) is 6.92 Å². The van der Waals surface area contributed by atoms with Crippen LogP contribution in [-0.2, 0) is 38.5 Å². The van der Waals surface area contributed by atoms with Gasteiger partial charge in [-0.2, -0.15) is 4.89 Å². The van der Waals surface area contributed by atoms with E-state index in [-0.39, 0.29) is 12.5 Å². The van der Waals surface area contributed by atoms with Crippen LogP contribution in [-0.4, -0.2) is 54.2 Å². The summed E-state index contributed by atoms with van der Waals surface area (Å²) in [6.45, 7) is 5.16. The zero-order valence-electron chi connectivity index (χ0n) is 13.3. The van der Waals surface area contributed by atoms with Gasteiger partial charge in [-0.1, -0.05) is 12.0 Å². The molecule has 10 heteroatoms. The summed E-state index contributed by atoms with van der Waals surface area (Å²) in [5.74, 6) is -2.02. The number of ether oxygens (including phenoxy) is 3. The third-order valence-electron chi connectivity index (χ3n) is 3.31. The summed E-state index contributed by atoms with van der Waals surface area (Å²) in [6, 6.07) is -0.745. The van der Waals surface area contributed by atoms with Gasteiger partial charge in [0.2, 0.25) is 12.2 Å². The Morgan fingerprint density at radius 1 is 1.17 bits per heavy atom. The molecule has 2 N–H and O–H groups in total. The van der Waals surface area contributed by atoms with Gasteiger partial charge in [-0.25, -0.2) is 5.26 Å². The molecule has 0 aromatic heterocycles. The van der Waals surface area contributed by atoms with Gasteiger partial charge in [-0.15, -0.1) is 0 Å². The zero-order valence-corrected chi connectivity index (χ0v) is 13.3. The van der Waals surface area contributed by atoms with E-state index in [1.807, 2.05) is 0 Å². The molecule has 0 aromatic carbocycles. The van der Waals surface area contributed by atoms with Crippen LogP contribution in [0.2, 0.25) is 0 Å². The first-order valence-corrected chi connectivity index (χ1v) is 6.96. The van der Waals surface area contributed by atoms with Crippen LogP contribution in [0.25, 0.3) is 0 Å². The Morgan fingerprint density at radius 2 is 1.83 bits per heavy atom. The van der Waals surface area contributed by atoms with E-state index >= 15 is 0 Å². The molecule has 0 saturated carbocycles. The monoisotopic (exact) mass is 335 g/mol. The van der Waals surface area contributed by atoms with Crippen LogP contribution < -0.4 is 5.32 Å². The molecule has 1 aliphatic heterocycles. The second-order valence-electron chi connectivity index (χ2n) is 5.18. The van der Waals surface area contributed by atoms with Crippen molar-refractivity contribution in [2.75, 3.05) is 6.61 Å². The van der Waals surface area contributed by atoms with Crippen molar-refractivity contribution in [3.63, 3.8) is 0 Å². The first-order valence-electron chi connectivity index (χ1n) is 6.96. The highest BCUT2D eigenvalue weighted by molar-refractivity contribution is 5.73. The predicted molar refractivity (Wildman–Crippen MR) is 72.4 cm³/mol. The van der Waals surface area contributed by atoms with Crippen LogP contribution >= 0.6 is 0 Å². The van der Waals surface area contributed by atoms with Crippen molar-refractivity contribution >= 4 is 17.8 Å². The van der Waals surface area contributed by atoms with E-state index in [0.717, 1.165) is 0 Å². The fourth-order valence-electron chi connectivity index (χ4n) is 2.36. The van der Waals surface area contributed by atoms with Gasteiger partial charge >= 0.3 is 11.9 Å². The van der Waals surface area contributed by atoms with Crippen molar-refractivity contribution < 1.29 is 43.8 Å². The van der Waals surface area contributed by atoms with Crippen molar-refractivity contribution in [2.24, 2.45) is 5.92 Å². The van der Waals surface area contributed by atoms with Gasteiger partial charge in [0.05, 0.1) is 6.04 Å². The molecular weight excluding hydrogens is 314 g/mol. The van der Waals surface area contributed by atoms with Gasteiger partial charge in [-0.3, -0.25) is 14.4 Å². The summed E-state index contributed by atoms with van der Waals surface area (Å²) >= 11 is 0. The lowest BCUT2D eigenvalue weighted by molar-refractivity contribution is -0.521. The van der Waals surface area contributed by atoms with Crippen molar-refractivity contribution in [3.05, 3.63) is 0 Å². The van der Waals surface area contributed by atoms with E-state index in [2.05, 4.69) is 10.4 Å². The Bertz CT molecular complexity index is 439. The summed E-state index contributed by atoms with van der Waals surface area (Å²) in [5, 5.41) is 14.9. The minimum absolute atomic E-state index is 0.210. The molecule has 1 amide bonds. The summed E-state index contributed by atoms with van der Waals surface area (Å²) in [7, 11) is 0. The largest absolute Gasteiger partial charge is 0.463 e. The Morgan fingerprint density at radius 3 is 2.30 bits per heavy atom. The van der Waals surface area contributed by atoms with Crippen LogP contribution in [0.5, 0.6) is 0 Å². The molecule has 10 nitrogen and oxygen atoms in total. The first kappa shape index (κ1) is 19.3. The average molecular weight is 335 g/mol. The van der Waals surface area contributed by atoms with Crippen LogP contribution in [0, 0.1) is 5.92 Å². The lowest BCUT2D eigenvalue weighted by atomic mass is 9.88. The van der Waals surface area contributed by atoms with Gasteiger partial charge in [-0.05, 0) is 0 Å². The second-order valence-corrected chi connectivity index (χ2v) is 5.18. The molecule has 0 radical (unpaired) electrons. The predicted octanol–water partition coefficient (Wildman–Crippen LogP) is -0.232. The third-order valence-corrected chi connectivity index (χ3v) is 3.31. The number of carbonyl (C=O) groups is 3. The van der Waals surface area contributed by atoms with Crippen molar-refractivity contribution in [1.29, 1.82) is 0 Å². The second kappa shape index (κ2) is 8.77. The zero-order chi connectivity index (χ0) is 17.6. The van der Waals surface area contributed by atoms with Gasteiger partial charge in [0.1, 0.15) is 18.8 Å². The topological polar surface area (TPSA) is 130 Å². The molecule has 132 valence electrons. The number of carbonyl (C=O) groups excluding carboxylic acids is 3. The van der Waals surface area contributed by atoms with Crippen LogP contribution in [0.15, 0.2) is 0 Å². The van der Waals surface area contributed by atoms with E-state index < -0.39 is 42.4 Å². The molecule has 1 heterocycles. The highest BCUT2D eigenvalue weighted by Gasteiger charge is 2.47. The molecule has 1 saturated heterocycles. The quantitative estimate of drug-likeness (QED) is 0.384. The van der Waals surface area contributed by atoms with Gasteiger partial charge in [0.15, 0.2) is 0 Å². The number of hydrogen-bond acceptors (Lipinski definition) is 9. The molecule has 1 rings (SSSR count). The SMILES string of the molecule is CC(=O)NC1[C@@H](OC(C)=O)OC(COC(C)=O)[C@@H](OOO)[C@@H]1C. The average Bonchev–Trinajstić information content (AvgIpc) is 2.43. The van der Waals surface area contributed by atoms with Gasteiger partial charge in [0.25, 0.3) is 0 Å². The number of hydrogen-bond donors (Lipinski definition) is 2. The maximum atomic E-state index is 11.4. The highest BCUT2D eigenvalue weighted by atomic mass is 17.5. The lowest BCUT2D eigenvalue weighted by Crippen LogP contribution is -2.62. The molecule has 1 aliphatic rings. The van der Waals surface area contributed by atoms with Crippen LogP contribution in [0.3, 0.4) is 0 Å². The van der Waals surface area contributed by atoms with E-state index in [4.69, 9.17) is 24.4 Å². The van der Waals surface area contributed by atoms with Crippen molar-refractivity contribution in [3.8, 4) is 0 Å². The number of rotatable bonds is 6. The Hall–Kier alpha value is -1.75. The summed E-state index contributed by atoms with van der Waals surface area (Å²) in [6.07, 6.45) is -2.87. The molecule has 2 unspecified atom stereocenters. The van der Waals surface area contributed by atoms with Crippen molar-refractivity contribution in [1.82, 2.24) is 5.32 Å². The molecule has 5 atom stereocenters. The smallest absolute Gasteiger partial charge is 0.305 e. The van der Waals surface area contributed by atoms with E-state index in [1.165, 1.54) is 20.8 Å². The minimum atomic E-state index is -1.11. The molecule has 0 aromatic rings. The Kier molecular flexibility index (Phi) is 7.36. The first-order chi connectivity index (χ1) is 10.8. The Labute approximate surface area is 132 Å². The lowest BCUT2D eigenvalue weighted by Gasteiger charge is -2.43. The number of nitrogens with one attached hydrogen (secondary N) is 1. The Balaban J connectivity index is 2.97. The number of esters is 2. The summed E-state index contributed by atoms with van der Waals surface area (Å²) in [5.41, 5.74) is 0. The van der Waals surface area contributed by atoms with Crippen LogP contribution in [0.1, 0.15) is 27.7 Å². The maximum absolute atomic E-state index is 11.4. The summed E-state index contributed by atoms with van der Waals surface area (Å²) < 4.78 is 15.5. The normalized spacial score (nSPS) is 30.4. The molecule has 0 spiro atoms. The summed E-state index contributed by atoms with van der Waals surface area (Å²) in [4.78, 5) is 38.3. The minimum Gasteiger partial charge on any atom is -0.463 e. The van der Waals surface area contributed by atoms with Crippen molar-refractivity contribution in [2.45, 2.75) is 52.2 Å². The molecule has 1 fully saturated rings. The molecule has 23 heavy (non-hydrogen) atoms. The fraction of sp³-hybridized carbons (Fsp3) is 0.769. The highest BCUT2D eigenvalue weighted by Crippen LogP contribution is 2.29. The fourth-order valence-corrected chi connectivity index (χ4v) is 2.36. The molecular formula is C13H21NO9. The van der Waals surface area contributed by atoms with E-state index in [0.29, 0.717) is 0 Å². The molecule has 0 aliphatic carbocycles. The standard InChI is InChI=1S/C13H21NO9/c1-6-11(14-7(2)15)13(20-9(4)17)21-10(5-19-8(3)16)12(6)22-23-18/h6,10-13,18H,5H2,1-4H3,(H,14,15)/t6-,10?,11?,12+,13+/m1/s1. The number of amides is 1. The van der Waals surface area contributed by atoms with Gasteiger partial charge in [0, 0.05) is 26.7 Å².